The Morgan fingerprint density at radius 1 is 1.38 bits per heavy atom. The van der Waals surface area contributed by atoms with Crippen molar-refractivity contribution in [2.24, 2.45) is 0 Å². The lowest BCUT2D eigenvalue weighted by molar-refractivity contribution is 0.0951. The van der Waals surface area contributed by atoms with Crippen LogP contribution in [-0.4, -0.2) is 17.4 Å². The smallest absolute Gasteiger partial charge is 0.255 e. The van der Waals surface area contributed by atoms with E-state index in [1.807, 2.05) is 6.92 Å². The van der Waals surface area contributed by atoms with Gasteiger partial charge in [-0.15, -0.1) is 11.3 Å². The standard InChI is InChI=1S/C15H18BrN3OS/c1-4-17-14-13(6-11(16)7-18-14)15(20)19-8-12-5-9(2)10(3)21-12/h5-7H,4,8H2,1-3H3,(H,17,18)(H,19,20). The maximum atomic E-state index is 12.4. The molecule has 0 saturated heterocycles. The fourth-order valence-electron chi connectivity index (χ4n) is 1.92. The van der Waals surface area contributed by atoms with Crippen LogP contribution in [0.5, 0.6) is 0 Å². The van der Waals surface area contributed by atoms with Crippen LogP contribution < -0.4 is 10.6 Å². The number of anilines is 1. The second-order valence-corrected chi connectivity index (χ2v) is 6.97. The van der Waals surface area contributed by atoms with E-state index in [2.05, 4.69) is 51.5 Å². The Balaban J connectivity index is 2.10. The lowest BCUT2D eigenvalue weighted by Gasteiger charge is -2.10. The van der Waals surface area contributed by atoms with E-state index in [4.69, 9.17) is 0 Å². The summed E-state index contributed by atoms with van der Waals surface area (Å²) < 4.78 is 0.789. The van der Waals surface area contributed by atoms with Crippen molar-refractivity contribution in [3.05, 3.63) is 43.7 Å². The van der Waals surface area contributed by atoms with Crippen molar-refractivity contribution >= 4 is 39.0 Å². The largest absolute Gasteiger partial charge is 0.370 e. The Kier molecular flexibility index (Phi) is 5.36. The van der Waals surface area contributed by atoms with Crippen molar-refractivity contribution in [3.8, 4) is 0 Å². The molecule has 0 aliphatic rings. The average Bonchev–Trinajstić information content (AvgIpc) is 2.77. The van der Waals surface area contributed by atoms with Crippen molar-refractivity contribution < 1.29 is 4.79 Å². The summed E-state index contributed by atoms with van der Waals surface area (Å²) in [4.78, 5) is 19.0. The summed E-state index contributed by atoms with van der Waals surface area (Å²) in [6, 6.07) is 3.90. The van der Waals surface area contributed by atoms with Gasteiger partial charge in [0.15, 0.2) is 0 Å². The van der Waals surface area contributed by atoms with Crippen LogP contribution in [0.1, 0.15) is 32.6 Å². The summed E-state index contributed by atoms with van der Waals surface area (Å²) >= 11 is 5.07. The number of amides is 1. The maximum absolute atomic E-state index is 12.4. The normalized spacial score (nSPS) is 10.5. The Morgan fingerprint density at radius 3 is 2.76 bits per heavy atom. The zero-order chi connectivity index (χ0) is 15.4. The molecule has 1 amide bonds. The lowest BCUT2D eigenvalue weighted by atomic mass is 10.2. The number of carbonyl (C=O) groups excluding carboxylic acids is 1. The first-order valence-corrected chi connectivity index (χ1v) is 8.35. The maximum Gasteiger partial charge on any atom is 0.255 e. The van der Waals surface area contributed by atoms with Gasteiger partial charge in [-0.1, -0.05) is 0 Å². The molecule has 2 rings (SSSR count). The molecule has 0 bridgehead atoms. The monoisotopic (exact) mass is 367 g/mol. The van der Waals surface area contributed by atoms with Gasteiger partial charge in [-0.25, -0.2) is 4.98 Å². The third-order valence-corrected chi connectivity index (χ3v) is 4.67. The molecule has 0 fully saturated rings. The molecule has 0 saturated carbocycles. The fraction of sp³-hybridized carbons (Fsp3) is 0.333. The van der Waals surface area contributed by atoms with Gasteiger partial charge in [0, 0.05) is 27.0 Å². The molecule has 21 heavy (non-hydrogen) atoms. The number of hydrogen-bond donors (Lipinski definition) is 2. The van der Waals surface area contributed by atoms with Crippen LogP contribution >= 0.6 is 27.3 Å². The molecule has 0 spiro atoms. The molecule has 112 valence electrons. The number of halogens is 1. The number of carbonyl (C=O) groups is 1. The second-order valence-electron chi connectivity index (χ2n) is 4.71. The third kappa shape index (κ3) is 4.04. The van der Waals surface area contributed by atoms with Crippen LogP contribution in [0, 0.1) is 13.8 Å². The van der Waals surface area contributed by atoms with Gasteiger partial charge < -0.3 is 10.6 Å². The zero-order valence-corrected chi connectivity index (χ0v) is 14.7. The van der Waals surface area contributed by atoms with E-state index in [9.17, 15) is 4.79 Å². The SMILES string of the molecule is CCNc1ncc(Br)cc1C(=O)NCc1cc(C)c(C)s1. The van der Waals surface area contributed by atoms with E-state index in [0.29, 0.717) is 17.9 Å². The quantitative estimate of drug-likeness (QED) is 0.842. The first kappa shape index (κ1) is 16.0. The summed E-state index contributed by atoms with van der Waals surface area (Å²) in [7, 11) is 0. The molecule has 2 aromatic heterocycles. The van der Waals surface area contributed by atoms with Crippen molar-refractivity contribution in [2.45, 2.75) is 27.3 Å². The third-order valence-electron chi connectivity index (χ3n) is 3.08. The minimum Gasteiger partial charge on any atom is -0.370 e. The van der Waals surface area contributed by atoms with Gasteiger partial charge in [0.25, 0.3) is 5.91 Å². The summed E-state index contributed by atoms with van der Waals surface area (Å²) in [5, 5.41) is 6.06. The van der Waals surface area contributed by atoms with Gasteiger partial charge in [0.2, 0.25) is 0 Å². The predicted octanol–water partition coefficient (Wildman–Crippen LogP) is 3.88. The van der Waals surface area contributed by atoms with Crippen molar-refractivity contribution in [1.82, 2.24) is 10.3 Å². The predicted molar refractivity (Wildman–Crippen MR) is 91.1 cm³/mol. The minimum atomic E-state index is -0.122. The first-order chi connectivity index (χ1) is 10.0. The average molecular weight is 368 g/mol. The molecule has 2 aromatic rings. The lowest BCUT2D eigenvalue weighted by Crippen LogP contribution is -2.24. The number of rotatable bonds is 5. The Labute approximate surface area is 137 Å². The van der Waals surface area contributed by atoms with Crippen molar-refractivity contribution in [1.29, 1.82) is 0 Å². The number of aryl methyl sites for hydroxylation is 2. The second kappa shape index (κ2) is 7.04. The van der Waals surface area contributed by atoms with Crippen LogP contribution in [0.3, 0.4) is 0 Å². The summed E-state index contributed by atoms with van der Waals surface area (Å²) in [6.45, 7) is 7.41. The van der Waals surface area contributed by atoms with E-state index in [-0.39, 0.29) is 5.91 Å². The van der Waals surface area contributed by atoms with Crippen LogP contribution in [0.2, 0.25) is 0 Å². The van der Waals surface area contributed by atoms with E-state index < -0.39 is 0 Å². The molecule has 0 aromatic carbocycles. The van der Waals surface area contributed by atoms with Crippen molar-refractivity contribution in [3.63, 3.8) is 0 Å². The van der Waals surface area contributed by atoms with E-state index in [0.717, 1.165) is 15.9 Å². The number of hydrogen-bond acceptors (Lipinski definition) is 4. The molecule has 0 aliphatic carbocycles. The van der Waals surface area contributed by atoms with E-state index in [1.165, 1.54) is 10.4 Å². The molecule has 6 heteroatoms. The van der Waals surface area contributed by atoms with Crippen LogP contribution in [-0.2, 0) is 6.54 Å². The van der Waals surface area contributed by atoms with E-state index in [1.54, 1.807) is 23.6 Å². The van der Waals surface area contributed by atoms with Crippen LogP contribution in [0.4, 0.5) is 5.82 Å². The topological polar surface area (TPSA) is 54.0 Å². The highest BCUT2D eigenvalue weighted by atomic mass is 79.9. The summed E-state index contributed by atoms with van der Waals surface area (Å²) in [5.41, 5.74) is 1.82. The van der Waals surface area contributed by atoms with Gasteiger partial charge in [-0.2, -0.15) is 0 Å². The van der Waals surface area contributed by atoms with Crippen molar-refractivity contribution in [2.75, 3.05) is 11.9 Å². The van der Waals surface area contributed by atoms with Gasteiger partial charge in [-0.3, -0.25) is 4.79 Å². The Hall–Kier alpha value is -1.40. The van der Waals surface area contributed by atoms with Gasteiger partial charge in [-0.05, 0) is 54.4 Å². The molecule has 2 heterocycles. The van der Waals surface area contributed by atoms with Crippen LogP contribution in [0.15, 0.2) is 22.8 Å². The number of nitrogens with one attached hydrogen (secondary N) is 2. The molecule has 0 aliphatic heterocycles. The summed E-state index contributed by atoms with van der Waals surface area (Å²) in [6.07, 6.45) is 1.68. The van der Waals surface area contributed by atoms with Gasteiger partial charge in [0.05, 0.1) is 12.1 Å². The Bertz CT molecular complexity index is 635. The number of nitrogens with zero attached hydrogens (tertiary/aromatic N) is 1. The highest BCUT2D eigenvalue weighted by Gasteiger charge is 2.13. The molecule has 2 N–H and O–H groups in total. The Morgan fingerprint density at radius 2 is 2.14 bits per heavy atom. The molecule has 0 unspecified atom stereocenters. The first-order valence-electron chi connectivity index (χ1n) is 6.74. The molecule has 4 nitrogen and oxygen atoms in total. The van der Waals surface area contributed by atoms with Gasteiger partial charge >= 0.3 is 0 Å². The van der Waals surface area contributed by atoms with Crippen LogP contribution in [0.25, 0.3) is 0 Å². The number of pyridine rings is 1. The molecular weight excluding hydrogens is 350 g/mol. The number of thiophene rings is 1. The summed E-state index contributed by atoms with van der Waals surface area (Å²) in [5.74, 6) is 0.486. The van der Waals surface area contributed by atoms with Gasteiger partial charge in [0.1, 0.15) is 5.82 Å². The zero-order valence-electron chi connectivity index (χ0n) is 12.3. The molecule has 0 radical (unpaired) electrons. The number of aromatic nitrogens is 1. The van der Waals surface area contributed by atoms with E-state index >= 15 is 0 Å². The fourth-order valence-corrected chi connectivity index (χ4v) is 3.24. The molecule has 0 atom stereocenters. The highest BCUT2D eigenvalue weighted by molar-refractivity contribution is 9.10. The molecular formula is C15H18BrN3OS. The highest BCUT2D eigenvalue weighted by Crippen LogP contribution is 2.21. The minimum absolute atomic E-state index is 0.122.